The number of urea groups is 2. The smallest absolute Gasteiger partial charge is 0.323 e. The number of aliphatic hydroxyl groups is 8. The maximum absolute atomic E-state index is 11.5. The van der Waals surface area contributed by atoms with Crippen molar-refractivity contribution in [3.05, 3.63) is 0 Å². The van der Waals surface area contributed by atoms with E-state index >= 15 is 0 Å². The van der Waals surface area contributed by atoms with Crippen LogP contribution in [-0.4, -0.2) is 168 Å². The van der Waals surface area contributed by atoms with Crippen LogP contribution < -0.4 is 21.3 Å². The van der Waals surface area contributed by atoms with E-state index < -0.39 is 98.1 Å². The summed E-state index contributed by atoms with van der Waals surface area (Å²) in [5.74, 6) is -1.17. The highest BCUT2D eigenvalue weighted by Crippen LogP contribution is 2.20. The molecule has 40 heavy (non-hydrogen) atoms. The lowest BCUT2D eigenvalue weighted by Crippen LogP contribution is -2.64. The number of nitrogens with one attached hydrogen (secondary N) is 4. The van der Waals surface area contributed by atoms with E-state index in [0.717, 1.165) is 5.01 Å². The van der Waals surface area contributed by atoms with Gasteiger partial charge < -0.3 is 56.4 Å². The molecule has 21 nitrogen and oxygen atoms in total. The van der Waals surface area contributed by atoms with Crippen LogP contribution in [0.5, 0.6) is 0 Å². The minimum Gasteiger partial charge on any atom is -0.394 e. The van der Waals surface area contributed by atoms with Gasteiger partial charge in [0.15, 0.2) is 18.2 Å². The molecule has 0 saturated carbocycles. The standard InChI is InChI=1S/C10H16N4O6.C9H15N5O6/c15-2-5(17)7(18)4(16)1-14-3-11-6-8(14)12-10(20)13-9(6)19;15-2-4(17)6(18)3(16)1-14-7-5(12-13-14)8(19)11-9(20)10-7/h3-8,15-18H,1-2H2,(H2,12,13,19,20);3-7,15-18H,1-2H2,(H2,10,11,19,20)/t4?,5?,6?,7-,8?;3?,4?,5?,6-,7?/m00/s1. The van der Waals surface area contributed by atoms with E-state index in [4.69, 9.17) is 10.2 Å². The van der Waals surface area contributed by atoms with Crippen molar-refractivity contribution < 1.29 is 60.0 Å². The monoisotopic (exact) mass is 577 g/mol. The lowest BCUT2D eigenvalue weighted by Gasteiger charge is -2.33. The fraction of sp³-hybridized carbons (Fsp3) is 0.737. The molecule has 0 aliphatic carbocycles. The van der Waals surface area contributed by atoms with E-state index in [1.165, 1.54) is 11.2 Å². The van der Waals surface area contributed by atoms with Crippen molar-refractivity contribution in [3.63, 3.8) is 0 Å². The van der Waals surface area contributed by atoms with Crippen molar-refractivity contribution in [2.24, 2.45) is 15.3 Å². The summed E-state index contributed by atoms with van der Waals surface area (Å²) in [7, 11) is 0. The highest BCUT2D eigenvalue weighted by atomic mass is 16.4. The van der Waals surface area contributed by atoms with Crippen LogP contribution in [0, 0.1) is 0 Å². The van der Waals surface area contributed by atoms with Crippen LogP contribution in [0.3, 0.4) is 0 Å². The Morgan fingerprint density at radius 1 is 0.725 bits per heavy atom. The SMILES string of the molecule is O=C1NC(=O)C2N=CN(CC(O)[C@H](O)C(O)CO)C2N1.O=C1NC(=O)C2N=NN(CC(O)[C@H](O)C(O)CO)C2N1. The number of imide groups is 2. The van der Waals surface area contributed by atoms with Gasteiger partial charge in [0.25, 0.3) is 11.8 Å². The molecule has 4 heterocycles. The first kappa shape index (κ1) is 31.0. The van der Waals surface area contributed by atoms with Crippen LogP contribution in [0.1, 0.15) is 0 Å². The van der Waals surface area contributed by atoms with Crippen molar-refractivity contribution in [1.29, 1.82) is 0 Å². The van der Waals surface area contributed by atoms with Crippen LogP contribution in [-0.2, 0) is 9.59 Å². The highest BCUT2D eigenvalue weighted by Gasteiger charge is 2.45. The number of hydrogen-bond acceptors (Lipinski definition) is 17. The van der Waals surface area contributed by atoms with Gasteiger partial charge in [0.2, 0.25) is 0 Å². The number of β-amino-alcohol motifs (C(OH)–C–C–N with tert-alkyl or cyclic N) is 2. The summed E-state index contributed by atoms with van der Waals surface area (Å²) in [6.45, 7) is -1.87. The van der Waals surface area contributed by atoms with Crippen molar-refractivity contribution in [2.75, 3.05) is 26.3 Å². The number of nitrogens with zero attached hydrogens (tertiary/aromatic N) is 5. The van der Waals surface area contributed by atoms with Gasteiger partial charge in [-0.15, -0.1) is 0 Å². The molecule has 10 atom stereocenters. The molecule has 4 aliphatic rings. The molecule has 0 bridgehead atoms. The predicted octanol–water partition coefficient (Wildman–Crippen LogP) is -7.78. The first-order valence-electron chi connectivity index (χ1n) is 11.9. The Morgan fingerprint density at radius 2 is 1.23 bits per heavy atom. The average molecular weight is 578 g/mol. The van der Waals surface area contributed by atoms with E-state index in [-0.39, 0.29) is 13.1 Å². The number of fused-ring (bicyclic) bond motifs is 2. The minimum absolute atomic E-state index is 0.170. The molecule has 2 saturated heterocycles. The second-order valence-corrected chi connectivity index (χ2v) is 9.11. The van der Waals surface area contributed by atoms with Gasteiger partial charge in [0, 0.05) is 6.54 Å². The summed E-state index contributed by atoms with van der Waals surface area (Å²) < 4.78 is 0. The second-order valence-electron chi connectivity index (χ2n) is 9.11. The van der Waals surface area contributed by atoms with E-state index in [1.807, 2.05) is 5.32 Å². The number of carbonyl (C=O) groups excluding carboxylic acids is 4. The summed E-state index contributed by atoms with van der Waals surface area (Å²) in [5, 5.41) is 91.8. The Bertz CT molecular complexity index is 939. The Morgan fingerprint density at radius 3 is 1.77 bits per heavy atom. The lowest BCUT2D eigenvalue weighted by molar-refractivity contribution is -0.124. The molecule has 0 aromatic rings. The van der Waals surface area contributed by atoms with Gasteiger partial charge in [-0.3, -0.25) is 30.2 Å². The molecule has 0 spiro atoms. The number of amides is 6. The molecule has 4 aliphatic heterocycles. The van der Waals surface area contributed by atoms with Crippen LogP contribution in [0.4, 0.5) is 9.59 Å². The van der Waals surface area contributed by atoms with E-state index in [1.54, 1.807) is 0 Å². The summed E-state index contributed by atoms with van der Waals surface area (Å²) in [4.78, 5) is 50.7. The number of aliphatic imine (C=N–C) groups is 1. The van der Waals surface area contributed by atoms with Crippen molar-refractivity contribution in [2.45, 2.75) is 61.0 Å². The molecule has 0 aromatic carbocycles. The number of hydrogen-bond donors (Lipinski definition) is 12. The van der Waals surface area contributed by atoms with Crippen molar-refractivity contribution >= 4 is 30.2 Å². The third kappa shape index (κ3) is 6.95. The molecule has 224 valence electrons. The fourth-order valence-electron chi connectivity index (χ4n) is 3.99. The average Bonchev–Trinajstić information content (AvgIpc) is 3.51. The Hall–Kier alpha value is -3.57. The molecule has 6 amide bonds. The summed E-state index contributed by atoms with van der Waals surface area (Å²) in [6.07, 6.45) is -9.30. The van der Waals surface area contributed by atoms with Crippen LogP contribution in [0.15, 0.2) is 15.3 Å². The number of rotatable bonds is 10. The van der Waals surface area contributed by atoms with Gasteiger partial charge in [-0.2, -0.15) is 5.11 Å². The molecule has 12 N–H and O–H groups in total. The van der Waals surface area contributed by atoms with Crippen molar-refractivity contribution in [1.82, 2.24) is 31.2 Å². The molecule has 0 radical (unpaired) electrons. The molecule has 8 unspecified atom stereocenters. The minimum atomic E-state index is -1.60. The Balaban J connectivity index is 0.000000220. The van der Waals surface area contributed by atoms with Crippen LogP contribution >= 0.6 is 0 Å². The summed E-state index contributed by atoms with van der Waals surface area (Å²) >= 11 is 0. The lowest BCUT2D eigenvalue weighted by atomic mass is 10.1. The van der Waals surface area contributed by atoms with Crippen LogP contribution in [0.25, 0.3) is 0 Å². The van der Waals surface area contributed by atoms with Gasteiger partial charge in [0.05, 0.1) is 26.1 Å². The second kappa shape index (κ2) is 13.2. The molecule has 21 heteroatoms. The zero-order valence-electron chi connectivity index (χ0n) is 20.6. The first-order chi connectivity index (χ1) is 18.9. The Kier molecular flexibility index (Phi) is 10.2. The zero-order valence-corrected chi connectivity index (χ0v) is 20.6. The van der Waals surface area contributed by atoms with Crippen LogP contribution in [0.2, 0.25) is 0 Å². The Labute approximate surface area is 224 Å². The van der Waals surface area contributed by atoms with Gasteiger partial charge >= 0.3 is 12.1 Å². The first-order valence-corrected chi connectivity index (χ1v) is 11.9. The molecule has 4 rings (SSSR count). The summed E-state index contributed by atoms with van der Waals surface area (Å²) in [6, 6.07) is -3.13. The molecule has 2 fully saturated rings. The predicted molar refractivity (Wildman–Crippen MR) is 125 cm³/mol. The van der Waals surface area contributed by atoms with Gasteiger partial charge in [-0.05, 0) is 0 Å². The zero-order chi connectivity index (χ0) is 29.7. The van der Waals surface area contributed by atoms with Crippen molar-refractivity contribution in [3.8, 4) is 0 Å². The largest absolute Gasteiger partial charge is 0.394 e. The van der Waals surface area contributed by atoms with Gasteiger partial charge in [-0.25, -0.2) is 9.59 Å². The van der Waals surface area contributed by atoms with E-state index in [2.05, 4.69) is 31.3 Å². The summed E-state index contributed by atoms with van der Waals surface area (Å²) in [5.41, 5.74) is 0. The maximum Gasteiger partial charge on any atom is 0.323 e. The van der Waals surface area contributed by atoms with E-state index in [0.29, 0.717) is 0 Å². The number of carbonyl (C=O) groups is 4. The third-order valence-corrected chi connectivity index (χ3v) is 6.23. The maximum atomic E-state index is 11.5. The normalized spacial score (nSPS) is 29.5. The number of aliphatic hydroxyl groups excluding tert-OH is 8. The van der Waals surface area contributed by atoms with E-state index in [9.17, 15) is 49.8 Å². The van der Waals surface area contributed by atoms with Gasteiger partial charge in [0.1, 0.15) is 42.8 Å². The highest BCUT2D eigenvalue weighted by molar-refractivity contribution is 6.02. The molecular weight excluding hydrogens is 546 g/mol. The van der Waals surface area contributed by atoms with Gasteiger partial charge in [-0.1, -0.05) is 5.22 Å². The quantitative estimate of drug-likeness (QED) is 0.115. The third-order valence-electron chi connectivity index (χ3n) is 6.23. The molecular formula is C19H31N9O12. The topological polar surface area (TPSA) is 322 Å². The fourth-order valence-corrected chi connectivity index (χ4v) is 3.99. The molecule has 0 aromatic heterocycles.